The number of carbonyl (C=O) groups excluding carboxylic acids is 2. The maximum Gasteiger partial charge on any atom is 0.344 e. The first-order chi connectivity index (χ1) is 14.0. The van der Waals surface area contributed by atoms with Gasteiger partial charge in [0.1, 0.15) is 11.5 Å². The van der Waals surface area contributed by atoms with Gasteiger partial charge in [0.2, 0.25) is 0 Å². The molecule has 0 saturated heterocycles. The van der Waals surface area contributed by atoms with E-state index in [9.17, 15) is 9.59 Å². The minimum absolute atomic E-state index is 0.123. The summed E-state index contributed by atoms with van der Waals surface area (Å²) in [7, 11) is 1.59. The fourth-order valence-corrected chi connectivity index (χ4v) is 6.15. The van der Waals surface area contributed by atoms with Gasteiger partial charge in [-0.1, -0.05) is 0 Å². The second-order valence-corrected chi connectivity index (χ2v) is 9.19. The Kier molecular flexibility index (Phi) is 5.70. The quantitative estimate of drug-likeness (QED) is 0.677. The molecule has 0 heterocycles. The molecule has 5 rings (SSSR count). The topological polar surface area (TPSA) is 73.9 Å². The van der Waals surface area contributed by atoms with Gasteiger partial charge in [0.05, 0.1) is 7.11 Å². The molecule has 4 fully saturated rings. The van der Waals surface area contributed by atoms with E-state index in [4.69, 9.17) is 14.2 Å². The fraction of sp³-hybridized carbons (Fsp3) is 0.652. The Morgan fingerprint density at radius 3 is 2.10 bits per heavy atom. The molecule has 1 aromatic rings. The summed E-state index contributed by atoms with van der Waals surface area (Å²) in [5, 5.41) is 3.11. The Labute approximate surface area is 172 Å². The van der Waals surface area contributed by atoms with Crippen LogP contribution in [0, 0.1) is 23.2 Å². The first kappa shape index (κ1) is 20.0. The Bertz CT molecular complexity index is 709. The van der Waals surface area contributed by atoms with Crippen LogP contribution >= 0.6 is 0 Å². The van der Waals surface area contributed by atoms with E-state index in [1.807, 2.05) is 0 Å². The zero-order valence-corrected chi connectivity index (χ0v) is 17.3. The summed E-state index contributed by atoms with van der Waals surface area (Å²) in [4.78, 5) is 24.3. The van der Waals surface area contributed by atoms with Gasteiger partial charge in [-0.3, -0.25) is 4.79 Å². The number of esters is 1. The lowest BCUT2D eigenvalue weighted by Gasteiger charge is -2.59. The number of amides is 1. The summed E-state index contributed by atoms with van der Waals surface area (Å²) in [6.07, 6.45) is 7.84. The molecule has 158 valence electrons. The molecule has 6 nitrogen and oxygen atoms in total. The molecule has 0 aliphatic heterocycles. The van der Waals surface area contributed by atoms with E-state index in [-0.39, 0.29) is 30.6 Å². The van der Waals surface area contributed by atoms with Gasteiger partial charge in [0, 0.05) is 6.04 Å². The zero-order valence-electron chi connectivity index (χ0n) is 17.3. The van der Waals surface area contributed by atoms with E-state index in [2.05, 4.69) is 12.2 Å². The normalized spacial score (nSPS) is 30.5. The summed E-state index contributed by atoms with van der Waals surface area (Å²) >= 11 is 0. The third-order valence-corrected chi connectivity index (χ3v) is 7.16. The largest absolute Gasteiger partial charge is 0.497 e. The van der Waals surface area contributed by atoms with Gasteiger partial charge >= 0.3 is 5.97 Å². The number of benzene rings is 1. The molecule has 0 aromatic heterocycles. The monoisotopic (exact) mass is 401 g/mol. The molecule has 29 heavy (non-hydrogen) atoms. The van der Waals surface area contributed by atoms with Crippen LogP contribution in [0.15, 0.2) is 24.3 Å². The average Bonchev–Trinajstić information content (AvgIpc) is 2.70. The molecule has 0 radical (unpaired) electrons. The second kappa shape index (κ2) is 8.25. The lowest BCUT2D eigenvalue weighted by atomic mass is 9.48. The minimum atomic E-state index is -0.557. The predicted octanol–water partition coefficient (Wildman–Crippen LogP) is 3.34. The van der Waals surface area contributed by atoms with Gasteiger partial charge in [-0.15, -0.1) is 0 Å². The summed E-state index contributed by atoms with van der Waals surface area (Å²) in [6, 6.07) is 7.05. The first-order valence-electron chi connectivity index (χ1n) is 10.7. The first-order valence-corrected chi connectivity index (χ1v) is 10.7. The van der Waals surface area contributed by atoms with Crippen molar-refractivity contribution in [3.63, 3.8) is 0 Å². The van der Waals surface area contributed by atoms with Crippen molar-refractivity contribution in [3.8, 4) is 11.5 Å². The number of methoxy groups -OCH3 is 1. The lowest BCUT2D eigenvalue weighted by Crippen LogP contribution is -2.56. The molecule has 4 saturated carbocycles. The van der Waals surface area contributed by atoms with Crippen molar-refractivity contribution in [2.45, 2.75) is 51.5 Å². The zero-order chi connectivity index (χ0) is 20.4. The van der Waals surface area contributed by atoms with Crippen LogP contribution in [-0.2, 0) is 14.3 Å². The van der Waals surface area contributed by atoms with Crippen LogP contribution in [0.1, 0.15) is 45.4 Å². The lowest BCUT2D eigenvalue weighted by molar-refractivity contribution is -0.151. The number of nitrogens with one attached hydrogen (secondary N) is 1. The highest BCUT2D eigenvalue weighted by Gasteiger charge is 2.53. The predicted molar refractivity (Wildman–Crippen MR) is 108 cm³/mol. The van der Waals surface area contributed by atoms with Crippen LogP contribution in [0.4, 0.5) is 0 Å². The number of rotatable bonds is 8. The van der Waals surface area contributed by atoms with Crippen LogP contribution in [-0.4, -0.2) is 38.2 Å². The average molecular weight is 402 g/mol. The Morgan fingerprint density at radius 2 is 1.55 bits per heavy atom. The third-order valence-electron chi connectivity index (χ3n) is 7.16. The van der Waals surface area contributed by atoms with Crippen molar-refractivity contribution in [3.05, 3.63) is 24.3 Å². The van der Waals surface area contributed by atoms with Gasteiger partial charge in [-0.25, -0.2) is 4.79 Å². The van der Waals surface area contributed by atoms with E-state index in [0.717, 1.165) is 17.8 Å². The number of carbonyl (C=O) groups is 2. The number of hydrogen-bond acceptors (Lipinski definition) is 5. The number of hydrogen-bond donors (Lipinski definition) is 1. The molecule has 4 aliphatic rings. The maximum absolute atomic E-state index is 12.4. The second-order valence-electron chi connectivity index (χ2n) is 9.19. The van der Waals surface area contributed by atoms with Crippen molar-refractivity contribution >= 4 is 11.9 Å². The van der Waals surface area contributed by atoms with Gasteiger partial charge in [0.15, 0.2) is 13.2 Å². The summed E-state index contributed by atoms with van der Waals surface area (Å²) in [6.45, 7) is 1.63. The van der Waals surface area contributed by atoms with Crippen molar-refractivity contribution in [1.82, 2.24) is 5.32 Å². The molecule has 4 bridgehead atoms. The molecule has 1 N–H and O–H groups in total. The highest BCUT2D eigenvalue weighted by atomic mass is 16.6. The molecule has 1 amide bonds. The van der Waals surface area contributed by atoms with Crippen molar-refractivity contribution in [1.29, 1.82) is 0 Å². The van der Waals surface area contributed by atoms with E-state index in [1.54, 1.807) is 31.4 Å². The van der Waals surface area contributed by atoms with Crippen molar-refractivity contribution < 1.29 is 23.8 Å². The van der Waals surface area contributed by atoms with E-state index >= 15 is 0 Å². The molecule has 6 heteroatoms. The summed E-state index contributed by atoms with van der Waals surface area (Å²) < 4.78 is 15.5. The Hall–Kier alpha value is -2.24. The summed E-state index contributed by atoms with van der Waals surface area (Å²) in [5.74, 6) is 2.99. The van der Waals surface area contributed by atoms with Crippen LogP contribution < -0.4 is 14.8 Å². The molecule has 4 aliphatic carbocycles. The van der Waals surface area contributed by atoms with Crippen molar-refractivity contribution in [2.75, 3.05) is 20.3 Å². The SMILES string of the molecule is COc1ccc(OCC(=O)OCC(=O)N[C@H](C)C23CC4CC(CC(C4)C2)C3)cc1. The fourth-order valence-electron chi connectivity index (χ4n) is 6.15. The van der Waals surface area contributed by atoms with Crippen molar-refractivity contribution in [2.24, 2.45) is 23.2 Å². The molecule has 1 aromatic carbocycles. The van der Waals surface area contributed by atoms with Gasteiger partial charge < -0.3 is 19.5 Å². The van der Waals surface area contributed by atoms with E-state index < -0.39 is 5.97 Å². The molecular weight excluding hydrogens is 370 g/mol. The molecular formula is C23H31NO5. The Morgan fingerprint density at radius 1 is 1.00 bits per heavy atom. The smallest absolute Gasteiger partial charge is 0.344 e. The van der Waals surface area contributed by atoms with Gasteiger partial charge in [-0.05, 0) is 92.9 Å². The molecule has 0 spiro atoms. The van der Waals surface area contributed by atoms with Crippen LogP contribution in [0.5, 0.6) is 11.5 Å². The highest BCUT2D eigenvalue weighted by Crippen LogP contribution is 2.61. The highest BCUT2D eigenvalue weighted by molar-refractivity contribution is 5.81. The van der Waals surface area contributed by atoms with E-state index in [0.29, 0.717) is 11.5 Å². The van der Waals surface area contributed by atoms with Crippen LogP contribution in [0.2, 0.25) is 0 Å². The standard InChI is InChI=1S/C23H31NO5/c1-15(23-10-16-7-17(11-23)9-18(8-16)12-23)24-21(25)13-29-22(26)14-28-20-5-3-19(27-2)4-6-20/h3-6,15-18H,7-14H2,1-2H3,(H,24,25)/t15-,16?,17?,18?,23?/m1/s1. The summed E-state index contributed by atoms with van der Waals surface area (Å²) in [5.41, 5.74) is 0.242. The molecule has 1 atom stereocenters. The van der Waals surface area contributed by atoms with Gasteiger partial charge in [0.25, 0.3) is 5.91 Å². The van der Waals surface area contributed by atoms with Gasteiger partial charge in [-0.2, -0.15) is 0 Å². The minimum Gasteiger partial charge on any atom is -0.497 e. The maximum atomic E-state index is 12.4. The third kappa shape index (κ3) is 4.51. The van der Waals surface area contributed by atoms with Crippen LogP contribution in [0.25, 0.3) is 0 Å². The van der Waals surface area contributed by atoms with E-state index in [1.165, 1.54) is 38.5 Å². The Balaban J connectivity index is 1.20. The van der Waals surface area contributed by atoms with Crippen LogP contribution in [0.3, 0.4) is 0 Å². The molecule has 0 unspecified atom stereocenters. The number of ether oxygens (including phenoxy) is 3.